The first-order chi connectivity index (χ1) is 5.59. The number of hydrogen-bond acceptors (Lipinski definition) is 2. The summed E-state index contributed by atoms with van der Waals surface area (Å²) in [6.07, 6.45) is 0.0635. The average Bonchev–Trinajstić information content (AvgIpc) is 1.94. The van der Waals surface area contributed by atoms with Gasteiger partial charge in [-0.1, -0.05) is 0 Å². The van der Waals surface area contributed by atoms with Crippen LogP contribution in [0.1, 0.15) is 13.8 Å². The fourth-order valence-electron chi connectivity index (χ4n) is 0.741. The van der Waals surface area contributed by atoms with Crippen molar-refractivity contribution in [3.05, 3.63) is 22.7 Å². The molecular formula is C8H9BrFNO. The summed E-state index contributed by atoms with van der Waals surface area (Å²) in [6.45, 7) is 3.80. The zero-order valence-corrected chi connectivity index (χ0v) is 8.43. The molecule has 0 saturated heterocycles. The van der Waals surface area contributed by atoms with E-state index in [0.717, 1.165) is 0 Å². The van der Waals surface area contributed by atoms with Crippen molar-refractivity contribution >= 4 is 15.9 Å². The molecule has 0 fully saturated rings. The number of rotatable bonds is 2. The van der Waals surface area contributed by atoms with Crippen LogP contribution in [0.15, 0.2) is 16.7 Å². The second-order valence-corrected chi connectivity index (χ2v) is 3.34. The Kier molecular flexibility index (Phi) is 3.03. The SMILES string of the molecule is CC(C)Oc1ccc(F)nc1Br. The van der Waals surface area contributed by atoms with Crippen molar-refractivity contribution in [3.63, 3.8) is 0 Å². The number of aromatic nitrogens is 1. The van der Waals surface area contributed by atoms with Crippen LogP contribution < -0.4 is 4.74 Å². The standard InChI is InChI=1S/C8H9BrFNO/c1-5(2)12-6-3-4-7(10)11-8(6)9/h3-5H,1-2H3. The van der Waals surface area contributed by atoms with Crippen LogP contribution in [-0.2, 0) is 0 Å². The van der Waals surface area contributed by atoms with Gasteiger partial charge in [-0.25, -0.2) is 4.98 Å². The van der Waals surface area contributed by atoms with Crippen molar-refractivity contribution in [1.29, 1.82) is 0 Å². The molecule has 4 heteroatoms. The molecule has 1 aromatic rings. The molecule has 0 aliphatic rings. The third-order valence-electron chi connectivity index (χ3n) is 1.14. The smallest absolute Gasteiger partial charge is 0.214 e. The van der Waals surface area contributed by atoms with E-state index in [1.54, 1.807) is 6.07 Å². The monoisotopic (exact) mass is 233 g/mol. The number of nitrogens with zero attached hydrogens (tertiary/aromatic N) is 1. The Labute approximate surface area is 78.9 Å². The minimum Gasteiger partial charge on any atom is -0.488 e. The van der Waals surface area contributed by atoms with Gasteiger partial charge in [0.2, 0.25) is 5.95 Å². The molecule has 0 N–H and O–H groups in total. The lowest BCUT2D eigenvalue weighted by Gasteiger charge is -2.09. The predicted molar refractivity (Wildman–Crippen MR) is 47.7 cm³/mol. The van der Waals surface area contributed by atoms with E-state index in [1.165, 1.54) is 6.07 Å². The Balaban J connectivity index is 2.86. The van der Waals surface area contributed by atoms with Crippen LogP contribution in [0, 0.1) is 5.95 Å². The van der Waals surface area contributed by atoms with Crippen LogP contribution in [0.2, 0.25) is 0 Å². The first-order valence-corrected chi connectivity index (χ1v) is 4.37. The van der Waals surface area contributed by atoms with Crippen molar-refractivity contribution < 1.29 is 9.13 Å². The molecule has 12 heavy (non-hydrogen) atoms. The molecule has 66 valence electrons. The normalized spacial score (nSPS) is 10.4. The van der Waals surface area contributed by atoms with Crippen LogP contribution in [-0.4, -0.2) is 11.1 Å². The molecule has 2 nitrogen and oxygen atoms in total. The van der Waals surface area contributed by atoms with E-state index in [1.807, 2.05) is 13.8 Å². The summed E-state index contributed by atoms with van der Waals surface area (Å²) in [5.74, 6) is 0.0457. The summed E-state index contributed by atoms with van der Waals surface area (Å²) in [7, 11) is 0. The largest absolute Gasteiger partial charge is 0.488 e. The van der Waals surface area contributed by atoms with Gasteiger partial charge in [0.1, 0.15) is 0 Å². The molecule has 0 unspecified atom stereocenters. The minimum atomic E-state index is -0.516. The molecule has 0 atom stereocenters. The molecule has 1 rings (SSSR count). The van der Waals surface area contributed by atoms with E-state index < -0.39 is 5.95 Å². The van der Waals surface area contributed by atoms with Crippen molar-refractivity contribution in [3.8, 4) is 5.75 Å². The van der Waals surface area contributed by atoms with Gasteiger partial charge in [-0.3, -0.25) is 0 Å². The molecule has 0 aliphatic heterocycles. The van der Waals surface area contributed by atoms with Crippen molar-refractivity contribution in [2.45, 2.75) is 20.0 Å². The van der Waals surface area contributed by atoms with Crippen LogP contribution in [0.3, 0.4) is 0 Å². The molecule has 1 heterocycles. The predicted octanol–water partition coefficient (Wildman–Crippen LogP) is 2.77. The average molecular weight is 234 g/mol. The number of hydrogen-bond donors (Lipinski definition) is 0. The molecule has 0 bridgehead atoms. The Morgan fingerprint density at radius 3 is 2.67 bits per heavy atom. The fourth-order valence-corrected chi connectivity index (χ4v) is 1.14. The van der Waals surface area contributed by atoms with E-state index in [-0.39, 0.29) is 6.10 Å². The second kappa shape index (κ2) is 3.85. The lowest BCUT2D eigenvalue weighted by Crippen LogP contribution is -2.06. The summed E-state index contributed by atoms with van der Waals surface area (Å²) >= 11 is 3.10. The van der Waals surface area contributed by atoms with E-state index >= 15 is 0 Å². The Hall–Kier alpha value is -0.640. The Bertz CT molecular complexity index is 278. The van der Waals surface area contributed by atoms with Crippen LogP contribution in [0.25, 0.3) is 0 Å². The molecule has 0 amide bonds. The Morgan fingerprint density at radius 1 is 1.50 bits per heavy atom. The van der Waals surface area contributed by atoms with Gasteiger partial charge in [-0.05, 0) is 41.9 Å². The van der Waals surface area contributed by atoms with Gasteiger partial charge in [0.05, 0.1) is 6.10 Å². The minimum absolute atomic E-state index is 0.0635. The van der Waals surface area contributed by atoms with Gasteiger partial charge in [0.25, 0.3) is 0 Å². The van der Waals surface area contributed by atoms with Crippen LogP contribution >= 0.6 is 15.9 Å². The zero-order valence-electron chi connectivity index (χ0n) is 6.84. The summed E-state index contributed by atoms with van der Waals surface area (Å²) in [5.41, 5.74) is 0. The lowest BCUT2D eigenvalue weighted by atomic mass is 10.4. The molecular weight excluding hydrogens is 225 g/mol. The molecule has 0 radical (unpaired) electrons. The van der Waals surface area contributed by atoms with Crippen molar-refractivity contribution in [1.82, 2.24) is 4.98 Å². The highest BCUT2D eigenvalue weighted by molar-refractivity contribution is 9.10. The number of pyridine rings is 1. The maximum atomic E-state index is 12.5. The summed E-state index contributed by atoms with van der Waals surface area (Å²) in [5, 5.41) is 0. The summed E-state index contributed by atoms with van der Waals surface area (Å²) < 4.78 is 18.2. The topological polar surface area (TPSA) is 22.1 Å². The second-order valence-electron chi connectivity index (χ2n) is 2.59. The van der Waals surface area contributed by atoms with Crippen molar-refractivity contribution in [2.75, 3.05) is 0 Å². The highest BCUT2D eigenvalue weighted by Crippen LogP contribution is 2.23. The quantitative estimate of drug-likeness (QED) is 0.734. The fraction of sp³-hybridized carbons (Fsp3) is 0.375. The van der Waals surface area contributed by atoms with Crippen LogP contribution in [0.4, 0.5) is 4.39 Å². The number of halogens is 2. The summed E-state index contributed by atoms with van der Waals surface area (Å²) in [6, 6.07) is 2.81. The van der Waals surface area contributed by atoms with Gasteiger partial charge in [0.15, 0.2) is 10.4 Å². The van der Waals surface area contributed by atoms with E-state index in [2.05, 4.69) is 20.9 Å². The maximum Gasteiger partial charge on any atom is 0.214 e. The third-order valence-corrected chi connectivity index (χ3v) is 1.71. The van der Waals surface area contributed by atoms with E-state index in [0.29, 0.717) is 10.4 Å². The van der Waals surface area contributed by atoms with E-state index in [9.17, 15) is 4.39 Å². The lowest BCUT2D eigenvalue weighted by molar-refractivity contribution is 0.239. The first-order valence-electron chi connectivity index (χ1n) is 3.58. The third kappa shape index (κ3) is 2.44. The Morgan fingerprint density at radius 2 is 2.17 bits per heavy atom. The molecule has 0 aromatic carbocycles. The molecule has 0 spiro atoms. The number of ether oxygens (including phenoxy) is 1. The first kappa shape index (κ1) is 9.45. The van der Waals surface area contributed by atoms with Crippen molar-refractivity contribution in [2.24, 2.45) is 0 Å². The van der Waals surface area contributed by atoms with Gasteiger partial charge >= 0.3 is 0 Å². The van der Waals surface area contributed by atoms with Gasteiger partial charge < -0.3 is 4.74 Å². The maximum absolute atomic E-state index is 12.5. The van der Waals surface area contributed by atoms with Crippen LogP contribution in [0.5, 0.6) is 5.75 Å². The van der Waals surface area contributed by atoms with Gasteiger partial charge in [0, 0.05) is 0 Å². The molecule has 0 aliphatic carbocycles. The van der Waals surface area contributed by atoms with Gasteiger partial charge in [-0.2, -0.15) is 4.39 Å². The molecule has 1 aromatic heterocycles. The highest BCUT2D eigenvalue weighted by Gasteiger charge is 2.05. The summed E-state index contributed by atoms with van der Waals surface area (Å²) in [4.78, 5) is 3.55. The molecule has 0 saturated carbocycles. The zero-order chi connectivity index (χ0) is 9.14. The highest BCUT2D eigenvalue weighted by atomic mass is 79.9. The van der Waals surface area contributed by atoms with Gasteiger partial charge in [-0.15, -0.1) is 0 Å². The van der Waals surface area contributed by atoms with E-state index in [4.69, 9.17) is 4.74 Å².